The van der Waals surface area contributed by atoms with E-state index in [0.717, 1.165) is 100 Å². The molecule has 9 aromatic carbocycles. The number of ether oxygens (including phenoxy) is 1. The molecule has 0 fully saturated rings. The molecule has 11 aromatic rings. The van der Waals surface area contributed by atoms with Crippen molar-refractivity contribution in [3.63, 3.8) is 0 Å². The largest absolute Gasteiger partial charge is 0.457 e. The van der Waals surface area contributed by atoms with Gasteiger partial charge < -0.3 is 4.74 Å². The maximum Gasteiger partial charge on any atom is 0.132 e. The molecule has 4 heteroatoms. The minimum atomic E-state index is -0.586. The van der Waals surface area contributed by atoms with Crippen LogP contribution in [-0.4, -0.2) is 15.0 Å². The van der Waals surface area contributed by atoms with Crippen molar-refractivity contribution in [1.82, 2.24) is 15.0 Å². The molecule has 1 aliphatic heterocycles. The minimum absolute atomic E-state index is 0.586. The van der Waals surface area contributed by atoms with Crippen molar-refractivity contribution in [1.29, 1.82) is 0 Å². The maximum atomic E-state index is 6.67. The van der Waals surface area contributed by atoms with Crippen LogP contribution in [0.4, 0.5) is 0 Å². The summed E-state index contributed by atoms with van der Waals surface area (Å²) in [4.78, 5) is 16.0. The van der Waals surface area contributed by atoms with Crippen molar-refractivity contribution < 1.29 is 4.74 Å². The first-order chi connectivity index (χ1) is 30.7. The number of nitrogens with zero attached hydrogens (tertiary/aromatic N) is 3. The van der Waals surface area contributed by atoms with E-state index in [2.05, 4.69) is 200 Å². The van der Waals surface area contributed by atoms with Crippen molar-refractivity contribution in [2.75, 3.05) is 0 Å². The molecule has 2 aromatic heterocycles. The van der Waals surface area contributed by atoms with Gasteiger partial charge in [-0.05, 0) is 87.3 Å². The van der Waals surface area contributed by atoms with Gasteiger partial charge in [-0.2, -0.15) is 0 Å². The van der Waals surface area contributed by atoms with Crippen LogP contribution in [0.1, 0.15) is 22.3 Å². The van der Waals surface area contributed by atoms with Crippen LogP contribution in [0.2, 0.25) is 0 Å². The van der Waals surface area contributed by atoms with Crippen molar-refractivity contribution in [2.24, 2.45) is 0 Å². The summed E-state index contributed by atoms with van der Waals surface area (Å²) in [5.41, 5.74) is 17.3. The van der Waals surface area contributed by atoms with Gasteiger partial charge in [0.05, 0.1) is 39.0 Å². The summed E-state index contributed by atoms with van der Waals surface area (Å²) in [6.45, 7) is 0. The Kier molecular flexibility index (Phi) is 7.49. The zero-order valence-corrected chi connectivity index (χ0v) is 33.5. The van der Waals surface area contributed by atoms with Crippen molar-refractivity contribution in [3.05, 3.63) is 235 Å². The Morgan fingerprint density at radius 1 is 0.290 bits per heavy atom. The number of hydrogen-bond donors (Lipinski definition) is 0. The third-order valence-corrected chi connectivity index (χ3v) is 12.9. The molecule has 288 valence electrons. The van der Waals surface area contributed by atoms with E-state index < -0.39 is 5.41 Å². The smallest absolute Gasteiger partial charge is 0.132 e. The second kappa shape index (κ2) is 13.4. The lowest BCUT2D eigenvalue weighted by atomic mass is 9.66. The van der Waals surface area contributed by atoms with Crippen LogP contribution in [0, 0.1) is 0 Å². The van der Waals surface area contributed by atoms with Gasteiger partial charge >= 0.3 is 0 Å². The van der Waals surface area contributed by atoms with Crippen LogP contribution in [-0.2, 0) is 5.41 Å². The first-order valence-corrected chi connectivity index (χ1v) is 21.1. The molecule has 0 atom stereocenters. The molecule has 62 heavy (non-hydrogen) atoms. The number of aromatic nitrogens is 3. The third-order valence-electron chi connectivity index (χ3n) is 12.9. The predicted molar refractivity (Wildman–Crippen MR) is 251 cm³/mol. The highest BCUT2D eigenvalue weighted by molar-refractivity contribution is 6.14. The molecule has 0 bridgehead atoms. The lowest BCUT2D eigenvalue weighted by molar-refractivity contribution is 0.436. The van der Waals surface area contributed by atoms with Gasteiger partial charge in [0, 0.05) is 38.6 Å². The summed E-state index contributed by atoms with van der Waals surface area (Å²) in [6.07, 6.45) is 0. The van der Waals surface area contributed by atoms with Crippen LogP contribution in [0.3, 0.4) is 0 Å². The summed E-state index contributed by atoms with van der Waals surface area (Å²) >= 11 is 0. The monoisotopic (exact) mass is 789 g/mol. The van der Waals surface area contributed by atoms with Crippen LogP contribution < -0.4 is 4.74 Å². The van der Waals surface area contributed by atoms with Gasteiger partial charge in [0.15, 0.2) is 0 Å². The quantitative estimate of drug-likeness (QED) is 0.167. The third kappa shape index (κ3) is 5.04. The number of para-hydroxylation sites is 2. The van der Waals surface area contributed by atoms with Gasteiger partial charge in [0.25, 0.3) is 0 Å². The normalized spacial score (nSPS) is 13.1. The van der Waals surface area contributed by atoms with Gasteiger partial charge in [0.2, 0.25) is 0 Å². The summed E-state index contributed by atoms with van der Waals surface area (Å²) in [6, 6.07) is 75.3. The van der Waals surface area contributed by atoms with Crippen LogP contribution in [0.25, 0.3) is 88.7 Å². The summed E-state index contributed by atoms with van der Waals surface area (Å²) in [7, 11) is 0. The van der Waals surface area contributed by atoms with Gasteiger partial charge in [-0.3, -0.25) is 0 Å². The van der Waals surface area contributed by atoms with Crippen LogP contribution in [0.5, 0.6) is 11.5 Å². The van der Waals surface area contributed by atoms with Crippen LogP contribution >= 0.6 is 0 Å². The highest BCUT2D eigenvalue weighted by Gasteiger charge is 2.51. The van der Waals surface area contributed by atoms with Gasteiger partial charge in [-0.15, -0.1) is 0 Å². The Labute approximate surface area is 358 Å². The highest BCUT2D eigenvalue weighted by atomic mass is 16.5. The van der Waals surface area contributed by atoms with E-state index in [9.17, 15) is 0 Å². The molecule has 2 aliphatic rings. The Morgan fingerprint density at radius 3 is 1.44 bits per heavy atom. The molecule has 1 spiro atoms. The first-order valence-electron chi connectivity index (χ1n) is 21.1. The molecule has 0 N–H and O–H groups in total. The van der Waals surface area contributed by atoms with Crippen molar-refractivity contribution >= 4 is 32.7 Å². The number of rotatable bonds is 4. The van der Waals surface area contributed by atoms with Crippen LogP contribution in [0.15, 0.2) is 212 Å². The zero-order valence-electron chi connectivity index (χ0n) is 33.5. The Bertz CT molecular complexity index is 3560. The molecule has 1 aliphatic carbocycles. The summed E-state index contributed by atoms with van der Waals surface area (Å²) < 4.78 is 6.67. The fourth-order valence-corrected chi connectivity index (χ4v) is 10.2. The van der Waals surface area contributed by atoms with E-state index in [4.69, 9.17) is 19.7 Å². The number of pyridine rings is 1. The molecule has 0 saturated carbocycles. The van der Waals surface area contributed by atoms with E-state index in [1.807, 2.05) is 12.1 Å². The predicted octanol–water partition coefficient (Wildman–Crippen LogP) is 14.5. The fraction of sp³-hybridized carbons (Fsp3) is 0.0172. The van der Waals surface area contributed by atoms with E-state index in [0.29, 0.717) is 0 Å². The average molecular weight is 790 g/mol. The summed E-state index contributed by atoms with van der Waals surface area (Å²) in [5, 5.41) is 3.36. The van der Waals surface area contributed by atoms with Gasteiger partial charge in [0.1, 0.15) is 11.5 Å². The molecule has 13 rings (SSSR count). The second-order valence-corrected chi connectivity index (χ2v) is 16.2. The number of hydrogen-bond acceptors (Lipinski definition) is 4. The first kappa shape index (κ1) is 34.6. The zero-order chi connectivity index (χ0) is 40.8. The summed E-state index contributed by atoms with van der Waals surface area (Å²) in [5.74, 6) is 1.76. The SMILES string of the molecule is c1ccc(-c2nc3ccc(-c4ccc5nc(-c6ccccc6)c6cc7c(cc6c5c4)C4(c5ccccc5Oc5ccccc54)c4ccccc4-7)cc3nc2-c2ccccc2)cc1. The van der Waals surface area contributed by atoms with Gasteiger partial charge in [-0.1, -0.05) is 164 Å². The minimum Gasteiger partial charge on any atom is -0.457 e. The van der Waals surface area contributed by atoms with Crippen molar-refractivity contribution in [2.45, 2.75) is 5.41 Å². The highest BCUT2D eigenvalue weighted by Crippen LogP contribution is 2.62. The molecule has 0 radical (unpaired) electrons. The van der Waals surface area contributed by atoms with Crippen molar-refractivity contribution in [3.8, 4) is 67.5 Å². The Balaban J connectivity index is 1.07. The molecular formula is C58H35N3O. The molecule has 0 unspecified atom stereocenters. The molecule has 0 saturated heterocycles. The topological polar surface area (TPSA) is 47.9 Å². The van der Waals surface area contributed by atoms with E-state index >= 15 is 0 Å². The molecular weight excluding hydrogens is 755 g/mol. The van der Waals surface area contributed by atoms with E-state index in [-0.39, 0.29) is 0 Å². The fourth-order valence-electron chi connectivity index (χ4n) is 10.2. The number of fused-ring (bicyclic) bond motifs is 13. The lowest BCUT2D eigenvalue weighted by Crippen LogP contribution is -2.32. The van der Waals surface area contributed by atoms with E-state index in [1.165, 1.54) is 22.3 Å². The lowest BCUT2D eigenvalue weighted by Gasteiger charge is -2.39. The molecule has 0 amide bonds. The molecule has 3 heterocycles. The molecule has 4 nitrogen and oxygen atoms in total. The van der Waals surface area contributed by atoms with E-state index in [1.54, 1.807) is 0 Å². The Hall–Kier alpha value is -8.21. The number of benzene rings is 9. The standard InChI is InChI=1S/C58H35N3O/c1-4-16-36(17-5-1)55-45-34-43-41-22-10-11-23-46(41)58(47-24-12-14-26-53(47)62-54-27-15-13-25-48(54)58)49(43)35-42(45)44-32-39(28-30-50(44)59-55)40-29-31-51-52(33-40)61-57(38-20-8-3-9-21-38)56(60-51)37-18-6-2-7-19-37/h1-35H. The second-order valence-electron chi connectivity index (χ2n) is 16.2. The Morgan fingerprint density at radius 2 is 0.790 bits per heavy atom. The average Bonchev–Trinajstić information content (AvgIpc) is 3.62. The maximum absolute atomic E-state index is 6.67. The van der Waals surface area contributed by atoms with Gasteiger partial charge in [-0.25, -0.2) is 15.0 Å².